The van der Waals surface area contributed by atoms with E-state index in [9.17, 15) is 8.42 Å². The molecule has 1 aliphatic rings. The summed E-state index contributed by atoms with van der Waals surface area (Å²) in [7, 11) is -3.55. The molecule has 1 fully saturated rings. The number of hydrogen-bond acceptors (Lipinski definition) is 3. The molecule has 0 aliphatic carbocycles. The van der Waals surface area contributed by atoms with Gasteiger partial charge in [0.2, 0.25) is 10.0 Å². The summed E-state index contributed by atoms with van der Waals surface area (Å²) in [4.78, 5) is 4.43. The summed E-state index contributed by atoms with van der Waals surface area (Å²) in [6.07, 6.45) is 4.22. The van der Waals surface area contributed by atoms with Crippen molar-refractivity contribution in [3.8, 4) is 0 Å². The molecule has 1 atom stereocenters. The van der Waals surface area contributed by atoms with Gasteiger partial charge in [0.05, 0.1) is 10.9 Å². The topological polar surface area (TPSA) is 50.3 Å². The van der Waals surface area contributed by atoms with Gasteiger partial charge in [-0.15, -0.1) is 0 Å². The van der Waals surface area contributed by atoms with E-state index >= 15 is 0 Å². The molecule has 1 aliphatic heterocycles. The summed E-state index contributed by atoms with van der Waals surface area (Å²) in [5.41, 5.74) is 1.82. The van der Waals surface area contributed by atoms with Crippen molar-refractivity contribution in [2.45, 2.75) is 37.1 Å². The Labute approximate surface area is 142 Å². The lowest BCUT2D eigenvalue weighted by atomic mass is 9.99. The van der Waals surface area contributed by atoms with Crippen LogP contribution in [0.25, 0.3) is 0 Å². The molecule has 1 saturated heterocycles. The van der Waals surface area contributed by atoms with Crippen LogP contribution >= 0.6 is 11.6 Å². The Kier molecular flexibility index (Phi) is 4.71. The molecule has 0 unspecified atom stereocenters. The third-order valence-electron chi connectivity index (χ3n) is 4.23. The number of aryl methyl sites for hydroxylation is 1. The van der Waals surface area contributed by atoms with Gasteiger partial charge >= 0.3 is 0 Å². The van der Waals surface area contributed by atoms with Crippen LogP contribution < -0.4 is 0 Å². The number of halogens is 1. The van der Waals surface area contributed by atoms with Crippen molar-refractivity contribution in [1.82, 2.24) is 9.29 Å². The maximum Gasteiger partial charge on any atom is 0.243 e. The number of pyridine rings is 1. The van der Waals surface area contributed by atoms with Crippen LogP contribution in [0.5, 0.6) is 0 Å². The van der Waals surface area contributed by atoms with Crippen LogP contribution in [0, 0.1) is 6.92 Å². The normalized spacial score (nSPS) is 19.7. The van der Waals surface area contributed by atoms with Gasteiger partial charge in [-0.25, -0.2) is 13.4 Å². The highest BCUT2D eigenvalue weighted by molar-refractivity contribution is 7.89. The first kappa shape index (κ1) is 16.4. The van der Waals surface area contributed by atoms with Crippen molar-refractivity contribution in [3.05, 3.63) is 58.9 Å². The Bertz CT molecular complexity index is 790. The monoisotopic (exact) mass is 350 g/mol. The van der Waals surface area contributed by atoms with Crippen LogP contribution in [0.4, 0.5) is 0 Å². The molecule has 0 spiro atoms. The van der Waals surface area contributed by atoms with Crippen molar-refractivity contribution >= 4 is 21.6 Å². The van der Waals surface area contributed by atoms with Crippen LogP contribution in [0.1, 0.15) is 36.4 Å². The number of benzene rings is 1. The highest BCUT2D eigenvalue weighted by atomic mass is 35.5. The lowest BCUT2D eigenvalue weighted by molar-refractivity contribution is 0.255. The van der Waals surface area contributed by atoms with Gasteiger partial charge in [0.25, 0.3) is 0 Å². The molecule has 0 N–H and O–H groups in total. The molecule has 0 amide bonds. The predicted molar refractivity (Wildman–Crippen MR) is 90.9 cm³/mol. The first-order chi connectivity index (χ1) is 11.0. The summed E-state index contributed by atoms with van der Waals surface area (Å²) >= 11 is 6.21. The van der Waals surface area contributed by atoms with Crippen molar-refractivity contribution in [2.24, 2.45) is 0 Å². The van der Waals surface area contributed by atoms with Gasteiger partial charge in [0, 0.05) is 18.3 Å². The number of aromatic nitrogens is 1. The van der Waals surface area contributed by atoms with E-state index in [1.54, 1.807) is 28.7 Å². The second-order valence-corrected chi connectivity index (χ2v) is 8.07. The van der Waals surface area contributed by atoms with E-state index in [2.05, 4.69) is 4.98 Å². The van der Waals surface area contributed by atoms with E-state index in [-0.39, 0.29) is 6.04 Å². The lowest BCUT2D eigenvalue weighted by Gasteiger charge is -2.35. The number of piperidine rings is 1. The molecule has 23 heavy (non-hydrogen) atoms. The molecule has 4 nitrogen and oxygen atoms in total. The van der Waals surface area contributed by atoms with E-state index in [0.29, 0.717) is 16.6 Å². The Morgan fingerprint density at radius 2 is 1.91 bits per heavy atom. The molecule has 2 aromatic rings. The van der Waals surface area contributed by atoms with Crippen molar-refractivity contribution in [2.75, 3.05) is 6.54 Å². The molecule has 0 bridgehead atoms. The van der Waals surface area contributed by atoms with Crippen LogP contribution in [0.2, 0.25) is 5.15 Å². The molecule has 0 saturated carbocycles. The quantitative estimate of drug-likeness (QED) is 0.787. The first-order valence-electron chi connectivity index (χ1n) is 7.69. The molecule has 1 aromatic heterocycles. The molecule has 0 radical (unpaired) electrons. The van der Waals surface area contributed by atoms with Crippen LogP contribution in [-0.4, -0.2) is 24.3 Å². The second-order valence-electron chi connectivity index (χ2n) is 5.82. The second kappa shape index (κ2) is 6.59. The van der Waals surface area contributed by atoms with E-state index in [4.69, 9.17) is 11.6 Å². The fraction of sp³-hybridized carbons (Fsp3) is 0.353. The molecule has 2 heterocycles. The summed E-state index contributed by atoms with van der Waals surface area (Å²) in [6.45, 7) is 2.45. The minimum Gasteiger partial charge on any atom is -0.244 e. The van der Waals surface area contributed by atoms with Gasteiger partial charge in [-0.3, -0.25) is 0 Å². The Morgan fingerprint density at radius 3 is 2.61 bits per heavy atom. The van der Waals surface area contributed by atoms with Gasteiger partial charge in [0.1, 0.15) is 5.15 Å². The summed E-state index contributed by atoms with van der Waals surface area (Å²) in [6, 6.07) is 10.4. The molecular formula is C17H19ClN2O2S. The fourth-order valence-electron chi connectivity index (χ4n) is 3.00. The number of rotatable bonds is 3. The SMILES string of the molecule is Cc1ccc(S(=O)(=O)N2CCCC[C@@H]2c2cccnc2Cl)cc1. The highest BCUT2D eigenvalue weighted by Gasteiger charge is 2.35. The standard InChI is InChI=1S/C17H19ClN2O2S/c1-13-7-9-14(10-8-13)23(21,22)20-12-3-2-6-16(20)15-5-4-11-19-17(15)18/h4-5,7-11,16H,2-3,6,12H2,1H3/t16-/m1/s1. The van der Waals surface area contributed by atoms with Crippen molar-refractivity contribution < 1.29 is 8.42 Å². The Balaban J connectivity index is 2.01. The number of nitrogens with zero attached hydrogens (tertiary/aromatic N) is 2. The molecule has 3 rings (SSSR count). The zero-order valence-corrected chi connectivity index (χ0v) is 14.5. The molecule has 122 valence electrons. The van der Waals surface area contributed by atoms with Gasteiger partial charge in [-0.05, 0) is 38.0 Å². The minimum absolute atomic E-state index is 0.253. The van der Waals surface area contributed by atoms with E-state index in [0.717, 1.165) is 30.4 Å². The van der Waals surface area contributed by atoms with Gasteiger partial charge in [-0.1, -0.05) is 41.8 Å². The maximum absolute atomic E-state index is 13.1. The van der Waals surface area contributed by atoms with E-state index < -0.39 is 10.0 Å². The van der Waals surface area contributed by atoms with Crippen molar-refractivity contribution in [3.63, 3.8) is 0 Å². The summed E-state index contributed by atoms with van der Waals surface area (Å²) in [5.74, 6) is 0. The third kappa shape index (κ3) is 3.27. The summed E-state index contributed by atoms with van der Waals surface area (Å²) in [5, 5.41) is 0.378. The largest absolute Gasteiger partial charge is 0.244 e. The predicted octanol–water partition coefficient (Wildman–Crippen LogP) is 3.96. The van der Waals surface area contributed by atoms with Gasteiger partial charge in [0.15, 0.2) is 0 Å². The fourth-order valence-corrected chi connectivity index (χ4v) is 4.92. The zero-order chi connectivity index (χ0) is 16.4. The first-order valence-corrected chi connectivity index (χ1v) is 9.51. The minimum atomic E-state index is -3.55. The smallest absolute Gasteiger partial charge is 0.243 e. The Hall–Kier alpha value is -1.43. The Morgan fingerprint density at radius 1 is 1.17 bits per heavy atom. The van der Waals surface area contributed by atoms with E-state index in [1.807, 2.05) is 25.1 Å². The van der Waals surface area contributed by atoms with Crippen LogP contribution in [-0.2, 0) is 10.0 Å². The molecular weight excluding hydrogens is 332 g/mol. The van der Waals surface area contributed by atoms with E-state index in [1.165, 1.54) is 0 Å². The number of sulfonamides is 1. The van der Waals surface area contributed by atoms with Gasteiger partial charge < -0.3 is 0 Å². The van der Waals surface area contributed by atoms with Crippen LogP contribution in [0.15, 0.2) is 47.5 Å². The molecule has 6 heteroatoms. The zero-order valence-electron chi connectivity index (χ0n) is 12.9. The van der Waals surface area contributed by atoms with Crippen molar-refractivity contribution in [1.29, 1.82) is 0 Å². The van der Waals surface area contributed by atoms with Crippen LogP contribution in [0.3, 0.4) is 0 Å². The number of hydrogen-bond donors (Lipinski definition) is 0. The lowest BCUT2D eigenvalue weighted by Crippen LogP contribution is -2.38. The maximum atomic E-state index is 13.1. The average molecular weight is 351 g/mol. The third-order valence-corrected chi connectivity index (χ3v) is 6.47. The molecule has 1 aromatic carbocycles. The average Bonchev–Trinajstić information content (AvgIpc) is 2.56. The van der Waals surface area contributed by atoms with Gasteiger partial charge in [-0.2, -0.15) is 4.31 Å². The highest BCUT2D eigenvalue weighted by Crippen LogP contribution is 2.37. The summed E-state index contributed by atoms with van der Waals surface area (Å²) < 4.78 is 27.7.